The molecule has 0 aliphatic carbocycles. The van der Waals surface area contributed by atoms with E-state index in [1.54, 1.807) is 0 Å². The predicted molar refractivity (Wildman–Crippen MR) is 101 cm³/mol. The Morgan fingerprint density at radius 3 is 2.00 bits per heavy atom. The maximum absolute atomic E-state index is 12.9. The fraction of sp³-hybridized carbons (Fsp3) is 0.619. The molecule has 0 unspecified atom stereocenters. The van der Waals surface area contributed by atoms with Crippen LogP contribution in [0.4, 0.5) is 0 Å². The molecule has 1 fully saturated rings. The Balaban J connectivity index is 2.19. The number of benzene rings is 1. The van der Waals surface area contributed by atoms with Crippen LogP contribution in [0.5, 0.6) is 0 Å². The molecule has 0 bridgehead atoms. The van der Waals surface area contributed by atoms with E-state index in [1.807, 2.05) is 56.0 Å². The summed E-state index contributed by atoms with van der Waals surface area (Å²) in [5, 5.41) is 0. The second-order valence-electron chi connectivity index (χ2n) is 6.87. The van der Waals surface area contributed by atoms with E-state index in [1.165, 1.54) is 0 Å². The van der Waals surface area contributed by atoms with Crippen LogP contribution in [0.25, 0.3) is 0 Å². The quantitative estimate of drug-likeness (QED) is 0.360. The van der Waals surface area contributed by atoms with Crippen molar-refractivity contribution in [1.29, 1.82) is 0 Å². The number of nitrogens with zero attached hydrogens (tertiary/aromatic N) is 1. The lowest BCUT2D eigenvalue weighted by atomic mass is 9.81. The highest BCUT2D eigenvalue weighted by Crippen LogP contribution is 2.40. The highest BCUT2D eigenvalue weighted by molar-refractivity contribution is 6.06. The molecular weight excluding hydrogens is 330 g/mol. The van der Waals surface area contributed by atoms with Gasteiger partial charge in [0.2, 0.25) is 5.54 Å². The van der Waals surface area contributed by atoms with Gasteiger partial charge in [-0.25, -0.2) is 9.59 Å². The Kier molecular flexibility index (Phi) is 7.64. The van der Waals surface area contributed by atoms with Gasteiger partial charge in [-0.1, -0.05) is 57.0 Å². The number of esters is 2. The van der Waals surface area contributed by atoms with Gasteiger partial charge in [-0.15, -0.1) is 0 Å². The summed E-state index contributed by atoms with van der Waals surface area (Å²) in [7, 11) is 0. The third-order valence-electron chi connectivity index (χ3n) is 5.09. The molecule has 5 nitrogen and oxygen atoms in total. The minimum Gasteiger partial charge on any atom is -0.464 e. The largest absolute Gasteiger partial charge is 0.464 e. The minimum absolute atomic E-state index is 0.0672. The summed E-state index contributed by atoms with van der Waals surface area (Å²) in [5.41, 5.74) is -0.240. The topological polar surface area (TPSA) is 55.8 Å². The standard InChI is InChI=1S/C21H31NO4/c1-4-6-15-25-19(23)21(20(24)26-16-7-5-2)13-14-22(21)17(3)18-11-9-8-10-12-18/h8-12,17H,4-7,13-16H2,1-3H3/t17-/m0/s1. The first-order chi connectivity index (χ1) is 12.6. The second-order valence-corrected chi connectivity index (χ2v) is 6.87. The van der Waals surface area contributed by atoms with E-state index in [0.717, 1.165) is 31.2 Å². The summed E-state index contributed by atoms with van der Waals surface area (Å²) < 4.78 is 10.9. The first-order valence-electron chi connectivity index (χ1n) is 9.74. The third-order valence-corrected chi connectivity index (χ3v) is 5.09. The smallest absolute Gasteiger partial charge is 0.338 e. The molecule has 1 aliphatic heterocycles. The van der Waals surface area contributed by atoms with E-state index in [2.05, 4.69) is 0 Å². The van der Waals surface area contributed by atoms with Gasteiger partial charge in [0.25, 0.3) is 0 Å². The van der Waals surface area contributed by atoms with Gasteiger partial charge in [-0.05, 0) is 25.3 Å². The van der Waals surface area contributed by atoms with Crippen molar-refractivity contribution in [2.45, 2.75) is 64.5 Å². The van der Waals surface area contributed by atoms with E-state index < -0.39 is 17.5 Å². The van der Waals surface area contributed by atoms with Crippen molar-refractivity contribution in [3.63, 3.8) is 0 Å². The van der Waals surface area contributed by atoms with Crippen LogP contribution in [0.1, 0.15) is 64.5 Å². The van der Waals surface area contributed by atoms with Gasteiger partial charge in [0.1, 0.15) is 0 Å². The molecule has 1 atom stereocenters. The second kappa shape index (κ2) is 9.72. The number of rotatable bonds is 10. The molecule has 2 rings (SSSR count). The number of unbranched alkanes of at least 4 members (excludes halogenated alkanes) is 2. The van der Waals surface area contributed by atoms with Crippen molar-refractivity contribution >= 4 is 11.9 Å². The number of likely N-dealkylation sites (tertiary alicyclic amines) is 1. The Labute approximate surface area is 156 Å². The van der Waals surface area contributed by atoms with Crippen molar-refractivity contribution in [3.05, 3.63) is 35.9 Å². The average molecular weight is 361 g/mol. The first-order valence-corrected chi connectivity index (χ1v) is 9.74. The van der Waals surface area contributed by atoms with Gasteiger partial charge in [-0.2, -0.15) is 0 Å². The van der Waals surface area contributed by atoms with Gasteiger partial charge in [0, 0.05) is 19.0 Å². The molecular formula is C21H31NO4. The first kappa shape index (κ1) is 20.4. The maximum Gasteiger partial charge on any atom is 0.338 e. The Hall–Kier alpha value is -1.88. The Morgan fingerprint density at radius 1 is 1.04 bits per heavy atom. The van der Waals surface area contributed by atoms with Crippen LogP contribution in [0, 0.1) is 0 Å². The van der Waals surface area contributed by atoms with Crippen LogP contribution in [0.15, 0.2) is 30.3 Å². The lowest BCUT2D eigenvalue weighted by molar-refractivity contribution is -0.190. The molecule has 26 heavy (non-hydrogen) atoms. The van der Waals surface area contributed by atoms with Crippen molar-refractivity contribution in [3.8, 4) is 0 Å². The monoisotopic (exact) mass is 361 g/mol. The van der Waals surface area contributed by atoms with Gasteiger partial charge >= 0.3 is 11.9 Å². The number of carbonyl (C=O) groups is 2. The lowest BCUT2D eigenvalue weighted by Crippen LogP contribution is -2.70. The molecule has 1 aromatic carbocycles. The molecule has 5 heteroatoms. The van der Waals surface area contributed by atoms with Crippen molar-refractivity contribution in [1.82, 2.24) is 4.90 Å². The highest BCUT2D eigenvalue weighted by atomic mass is 16.6. The zero-order chi connectivity index (χ0) is 19.0. The fourth-order valence-electron chi connectivity index (χ4n) is 3.28. The SMILES string of the molecule is CCCCOC(=O)C1(C(=O)OCCCC)CCN1[C@@H](C)c1ccccc1. The summed E-state index contributed by atoms with van der Waals surface area (Å²) in [5.74, 6) is -0.942. The van der Waals surface area contributed by atoms with Crippen LogP contribution < -0.4 is 0 Å². The van der Waals surface area contributed by atoms with Crippen LogP contribution in [0.3, 0.4) is 0 Å². The molecule has 0 amide bonds. The summed E-state index contributed by atoms with van der Waals surface area (Å²) in [4.78, 5) is 27.7. The highest BCUT2D eigenvalue weighted by Gasteiger charge is 2.61. The van der Waals surface area contributed by atoms with Gasteiger partial charge in [0.15, 0.2) is 0 Å². The maximum atomic E-state index is 12.9. The lowest BCUT2D eigenvalue weighted by Gasteiger charge is -2.51. The number of ether oxygens (including phenoxy) is 2. The van der Waals surface area contributed by atoms with Crippen molar-refractivity contribution in [2.75, 3.05) is 19.8 Å². The zero-order valence-electron chi connectivity index (χ0n) is 16.2. The molecule has 1 saturated heterocycles. The minimum atomic E-state index is -1.31. The molecule has 0 radical (unpaired) electrons. The third kappa shape index (κ3) is 4.26. The molecule has 1 aromatic rings. The van der Waals surface area contributed by atoms with Gasteiger partial charge < -0.3 is 9.47 Å². The van der Waals surface area contributed by atoms with Gasteiger partial charge in [0.05, 0.1) is 13.2 Å². The van der Waals surface area contributed by atoms with Crippen molar-refractivity contribution < 1.29 is 19.1 Å². The Bertz CT molecular complexity index is 565. The summed E-state index contributed by atoms with van der Waals surface area (Å²) >= 11 is 0. The zero-order valence-corrected chi connectivity index (χ0v) is 16.2. The molecule has 144 valence electrons. The fourth-order valence-corrected chi connectivity index (χ4v) is 3.28. The number of hydrogen-bond donors (Lipinski definition) is 0. The molecule has 0 aromatic heterocycles. The van der Waals surface area contributed by atoms with Crippen LogP contribution in [-0.4, -0.2) is 42.1 Å². The Morgan fingerprint density at radius 2 is 1.58 bits per heavy atom. The molecule has 0 N–H and O–H groups in total. The van der Waals surface area contributed by atoms with E-state index in [-0.39, 0.29) is 6.04 Å². The molecule has 1 aliphatic rings. The molecule has 0 saturated carbocycles. The number of hydrogen-bond acceptors (Lipinski definition) is 5. The van der Waals surface area contributed by atoms with Gasteiger partial charge in [-0.3, -0.25) is 4.90 Å². The average Bonchev–Trinajstić information content (AvgIpc) is 2.62. The van der Waals surface area contributed by atoms with E-state index in [0.29, 0.717) is 26.2 Å². The van der Waals surface area contributed by atoms with Crippen molar-refractivity contribution in [2.24, 2.45) is 0 Å². The predicted octanol–water partition coefficient (Wildman–Crippen LogP) is 3.88. The number of carbonyl (C=O) groups excluding carboxylic acids is 2. The molecule has 1 heterocycles. The van der Waals surface area contributed by atoms with E-state index in [9.17, 15) is 9.59 Å². The van der Waals surface area contributed by atoms with Crippen LogP contribution in [-0.2, 0) is 19.1 Å². The summed E-state index contributed by atoms with van der Waals surface area (Å²) in [6.07, 6.45) is 3.90. The normalized spacial score (nSPS) is 17.2. The molecule has 0 spiro atoms. The van der Waals surface area contributed by atoms with E-state index in [4.69, 9.17) is 9.47 Å². The summed E-state index contributed by atoms with van der Waals surface area (Å²) in [6, 6.07) is 9.84. The van der Waals surface area contributed by atoms with E-state index >= 15 is 0 Å². The summed E-state index contributed by atoms with van der Waals surface area (Å²) in [6.45, 7) is 7.44. The van der Waals surface area contributed by atoms with Crippen LogP contribution in [0.2, 0.25) is 0 Å². The van der Waals surface area contributed by atoms with Crippen LogP contribution >= 0.6 is 0 Å².